The van der Waals surface area contributed by atoms with Gasteiger partial charge in [0.05, 0.1) is 32.2 Å². The summed E-state index contributed by atoms with van der Waals surface area (Å²) in [5.41, 5.74) is 0. The van der Waals surface area contributed by atoms with Gasteiger partial charge in [-0.3, -0.25) is 9.59 Å². The molecular weight excluding hydrogens is 278 g/mol. The Balaban J connectivity index is 2.41. The molecule has 1 aliphatic heterocycles. The van der Waals surface area contributed by atoms with E-state index >= 15 is 0 Å². The number of carboxylic acid groups (broad SMARTS) is 1. The van der Waals surface area contributed by atoms with E-state index in [0.29, 0.717) is 25.6 Å². The van der Waals surface area contributed by atoms with Gasteiger partial charge in [-0.05, 0) is 5.92 Å². The molecule has 0 aromatic carbocycles. The SMILES string of the molecule is CC(C)CNC(=O)CNC(=O)N1CCOCC1CC(=O)O. The molecule has 3 N–H and O–H groups in total. The Labute approximate surface area is 123 Å². The van der Waals surface area contributed by atoms with Crippen molar-refractivity contribution < 1.29 is 24.2 Å². The fourth-order valence-electron chi connectivity index (χ4n) is 1.93. The molecule has 0 bridgehead atoms. The van der Waals surface area contributed by atoms with E-state index in [0.717, 1.165) is 0 Å². The van der Waals surface area contributed by atoms with Crippen molar-refractivity contribution in [1.29, 1.82) is 0 Å². The third kappa shape index (κ3) is 6.44. The second-order valence-corrected chi connectivity index (χ2v) is 5.38. The topological polar surface area (TPSA) is 108 Å². The van der Waals surface area contributed by atoms with Crippen LogP contribution in [0.1, 0.15) is 20.3 Å². The van der Waals surface area contributed by atoms with E-state index in [1.54, 1.807) is 0 Å². The second-order valence-electron chi connectivity index (χ2n) is 5.38. The largest absolute Gasteiger partial charge is 0.481 e. The fraction of sp³-hybridized carbons (Fsp3) is 0.769. The van der Waals surface area contributed by atoms with Crippen LogP contribution in [0.2, 0.25) is 0 Å². The summed E-state index contributed by atoms with van der Waals surface area (Å²) in [6, 6.07) is -0.945. The van der Waals surface area contributed by atoms with E-state index in [4.69, 9.17) is 9.84 Å². The molecule has 8 nitrogen and oxygen atoms in total. The Bertz CT molecular complexity index is 386. The average Bonchev–Trinajstić information content (AvgIpc) is 2.42. The number of hydrogen-bond donors (Lipinski definition) is 3. The molecule has 0 aromatic rings. The van der Waals surface area contributed by atoms with Gasteiger partial charge in [-0.25, -0.2) is 4.79 Å². The molecule has 0 aliphatic carbocycles. The van der Waals surface area contributed by atoms with E-state index in [2.05, 4.69) is 10.6 Å². The first-order chi connectivity index (χ1) is 9.90. The van der Waals surface area contributed by atoms with E-state index in [1.165, 1.54) is 4.90 Å². The summed E-state index contributed by atoms with van der Waals surface area (Å²) >= 11 is 0. The predicted molar refractivity (Wildman–Crippen MR) is 74.8 cm³/mol. The van der Waals surface area contributed by atoms with Crippen molar-refractivity contribution in [2.45, 2.75) is 26.3 Å². The number of rotatable bonds is 6. The monoisotopic (exact) mass is 301 g/mol. The van der Waals surface area contributed by atoms with Crippen LogP contribution < -0.4 is 10.6 Å². The lowest BCUT2D eigenvalue weighted by Gasteiger charge is -2.34. The van der Waals surface area contributed by atoms with Crippen LogP contribution >= 0.6 is 0 Å². The van der Waals surface area contributed by atoms with Crippen LogP contribution in [-0.2, 0) is 14.3 Å². The third-order valence-corrected chi connectivity index (χ3v) is 3.01. The predicted octanol–water partition coefficient (Wildman–Crippen LogP) is -0.356. The lowest BCUT2D eigenvalue weighted by atomic mass is 10.1. The Kier molecular flexibility index (Phi) is 6.93. The number of nitrogens with one attached hydrogen (secondary N) is 2. The summed E-state index contributed by atoms with van der Waals surface area (Å²) in [6.07, 6.45) is -0.174. The number of hydrogen-bond acceptors (Lipinski definition) is 4. The molecule has 120 valence electrons. The zero-order valence-electron chi connectivity index (χ0n) is 12.4. The molecule has 0 aromatic heterocycles. The standard InChI is InChI=1S/C13H23N3O5/c1-9(2)6-14-11(17)7-15-13(20)16-3-4-21-8-10(16)5-12(18)19/h9-10H,3-8H2,1-2H3,(H,14,17)(H,15,20)(H,18,19). The number of carboxylic acids is 1. The molecule has 0 saturated carbocycles. The molecule has 3 amide bonds. The van der Waals surface area contributed by atoms with E-state index < -0.39 is 18.0 Å². The Morgan fingerprint density at radius 3 is 2.67 bits per heavy atom. The smallest absolute Gasteiger partial charge is 0.318 e. The number of carbonyl (C=O) groups is 3. The van der Waals surface area contributed by atoms with Crippen molar-refractivity contribution in [2.75, 3.05) is 32.8 Å². The zero-order valence-corrected chi connectivity index (χ0v) is 12.4. The lowest BCUT2D eigenvalue weighted by Crippen LogP contribution is -2.54. The molecule has 1 aliphatic rings. The number of nitrogens with zero attached hydrogens (tertiary/aromatic N) is 1. The summed E-state index contributed by atoms with van der Waals surface area (Å²) in [5.74, 6) is -0.915. The van der Waals surface area contributed by atoms with Gasteiger partial charge in [0, 0.05) is 13.1 Å². The summed E-state index contributed by atoms with van der Waals surface area (Å²) in [4.78, 5) is 35.7. The Morgan fingerprint density at radius 2 is 2.05 bits per heavy atom. The van der Waals surface area contributed by atoms with Crippen LogP contribution in [0.3, 0.4) is 0 Å². The molecule has 1 rings (SSSR count). The second kappa shape index (κ2) is 8.46. The van der Waals surface area contributed by atoms with E-state index in [1.807, 2.05) is 13.8 Å². The summed E-state index contributed by atoms with van der Waals surface area (Å²) in [5, 5.41) is 14.0. The molecule has 0 radical (unpaired) electrons. The van der Waals surface area contributed by atoms with Gasteiger partial charge in [-0.2, -0.15) is 0 Å². The van der Waals surface area contributed by atoms with Crippen LogP contribution in [-0.4, -0.2) is 66.8 Å². The van der Waals surface area contributed by atoms with Gasteiger partial charge in [0.15, 0.2) is 0 Å². The van der Waals surface area contributed by atoms with Crippen molar-refractivity contribution in [3.8, 4) is 0 Å². The fourth-order valence-corrected chi connectivity index (χ4v) is 1.93. The van der Waals surface area contributed by atoms with Crippen LogP contribution in [0.15, 0.2) is 0 Å². The van der Waals surface area contributed by atoms with Gasteiger partial charge in [0.2, 0.25) is 5.91 Å². The van der Waals surface area contributed by atoms with Crippen molar-refractivity contribution in [1.82, 2.24) is 15.5 Å². The van der Waals surface area contributed by atoms with E-state index in [-0.39, 0.29) is 25.5 Å². The first-order valence-electron chi connectivity index (χ1n) is 7.01. The number of ether oxygens (including phenoxy) is 1. The van der Waals surface area contributed by atoms with Crippen LogP contribution in [0.5, 0.6) is 0 Å². The molecule has 1 saturated heterocycles. The minimum Gasteiger partial charge on any atom is -0.481 e. The van der Waals surface area contributed by atoms with Gasteiger partial charge >= 0.3 is 12.0 Å². The quantitative estimate of drug-likeness (QED) is 0.621. The molecule has 1 unspecified atom stereocenters. The molecule has 1 atom stereocenters. The van der Waals surface area contributed by atoms with Crippen molar-refractivity contribution in [2.24, 2.45) is 5.92 Å². The van der Waals surface area contributed by atoms with Crippen LogP contribution in [0.25, 0.3) is 0 Å². The maximum absolute atomic E-state index is 12.0. The molecule has 0 spiro atoms. The summed E-state index contributed by atoms with van der Waals surface area (Å²) in [6.45, 7) is 5.25. The Hall–Kier alpha value is -1.83. The average molecular weight is 301 g/mol. The Morgan fingerprint density at radius 1 is 1.33 bits per heavy atom. The molecular formula is C13H23N3O5. The number of morpholine rings is 1. The highest BCUT2D eigenvalue weighted by atomic mass is 16.5. The van der Waals surface area contributed by atoms with Gasteiger partial charge in [0.25, 0.3) is 0 Å². The first-order valence-corrected chi connectivity index (χ1v) is 7.01. The van der Waals surface area contributed by atoms with Crippen LogP contribution in [0.4, 0.5) is 4.79 Å². The van der Waals surface area contributed by atoms with Gasteiger partial charge in [0.1, 0.15) is 0 Å². The highest BCUT2D eigenvalue weighted by Crippen LogP contribution is 2.10. The minimum absolute atomic E-state index is 0.122. The van der Waals surface area contributed by atoms with Crippen molar-refractivity contribution in [3.63, 3.8) is 0 Å². The van der Waals surface area contributed by atoms with Crippen molar-refractivity contribution in [3.05, 3.63) is 0 Å². The zero-order chi connectivity index (χ0) is 15.8. The summed E-state index contributed by atoms with van der Waals surface area (Å²) < 4.78 is 5.19. The molecule has 1 heterocycles. The minimum atomic E-state index is -0.988. The van der Waals surface area contributed by atoms with Crippen molar-refractivity contribution >= 4 is 17.9 Å². The number of amides is 3. The van der Waals surface area contributed by atoms with E-state index in [9.17, 15) is 14.4 Å². The highest BCUT2D eigenvalue weighted by molar-refractivity contribution is 5.84. The number of aliphatic carboxylic acids is 1. The lowest BCUT2D eigenvalue weighted by molar-refractivity contribution is -0.139. The highest BCUT2D eigenvalue weighted by Gasteiger charge is 2.29. The third-order valence-electron chi connectivity index (χ3n) is 3.01. The maximum atomic E-state index is 12.0. The molecule has 21 heavy (non-hydrogen) atoms. The van der Waals surface area contributed by atoms with Gasteiger partial charge < -0.3 is 25.4 Å². The normalized spacial score (nSPS) is 18.4. The molecule has 8 heteroatoms. The number of urea groups is 1. The van der Waals surface area contributed by atoms with Gasteiger partial charge in [-0.15, -0.1) is 0 Å². The van der Waals surface area contributed by atoms with Gasteiger partial charge in [-0.1, -0.05) is 13.8 Å². The molecule has 1 fully saturated rings. The first kappa shape index (κ1) is 17.2. The van der Waals surface area contributed by atoms with Crippen LogP contribution in [0, 0.1) is 5.92 Å². The number of carbonyl (C=O) groups excluding carboxylic acids is 2. The summed E-state index contributed by atoms with van der Waals surface area (Å²) in [7, 11) is 0. The maximum Gasteiger partial charge on any atom is 0.318 e.